The largest absolute Gasteiger partial charge is 0.491 e. The molecule has 0 aliphatic carbocycles. The number of hydrogen-bond acceptors (Lipinski definition) is 4. The van der Waals surface area contributed by atoms with E-state index >= 15 is 0 Å². The van der Waals surface area contributed by atoms with Gasteiger partial charge in [0.05, 0.1) is 6.04 Å². The van der Waals surface area contributed by atoms with Crippen LogP contribution in [-0.2, 0) is 11.2 Å². The SMILES string of the molecule is CC[C@@H](C)N(CC(=O)N1CCc2sccc2[C@H]1COc1ccccc1C)C(=O)Nc1cccc(Cl)c1. The van der Waals surface area contributed by atoms with Crippen molar-refractivity contribution < 1.29 is 14.3 Å². The Hall–Kier alpha value is -3.03. The van der Waals surface area contributed by atoms with Crippen LogP contribution in [-0.4, -0.2) is 47.5 Å². The van der Waals surface area contributed by atoms with Gasteiger partial charge in [-0.3, -0.25) is 4.79 Å². The van der Waals surface area contributed by atoms with Crippen LogP contribution in [0.5, 0.6) is 5.75 Å². The number of nitrogens with zero attached hydrogens (tertiary/aromatic N) is 2. The standard InChI is InChI=1S/C28H32ClN3O3S/c1-4-20(3)32(28(34)30-22-10-7-9-21(29)16-22)17-27(33)31-14-12-26-23(13-15-36-26)24(31)18-35-25-11-6-5-8-19(25)2/h5-11,13,15-16,20,24H,4,12,14,17-18H2,1-3H3,(H,30,34)/t20-,24-/m1/s1. The summed E-state index contributed by atoms with van der Waals surface area (Å²) in [6.45, 7) is 6.92. The molecule has 1 aromatic heterocycles. The molecule has 0 saturated heterocycles. The Morgan fingerprint density at radius 3 is 2.78 bits per heavy atom. The molecule has 1 aliphatic heterocycles. The Morgan fingerprint density at radius 1 is 1.22 bits per heavy atom. The van der Waals surface area contributed by atoms with Crippen LogP contribution in [0.1, 0.15) is 42.3 Å². The Kier molecular flexibility index (Phi) is 8.54. The van der Waals surface area contributed by atoms with E-state index in [2.05, 4.69) is 16.8 Å². The summed E-state index contributed by atoms with van der Waals surface area (Å²) in [4.78, 5) is 31.7. The lowest BCUT2D eigenvalue weighted by atomic mass is 10.00. The molecule has 2 atom stereocenters. The van der Waals surface area contributed by atoms with Crippen molar-refractivity contribution in [3.8, 4) is 5.75 Å². The lowest BCUT2D eigenvalue weighted by Gasteiger charge is -2.38. The second-order valence-corrected chi connectivity index (χ2v) is 10.5. The number of thiophene rings is 1. The van der Waals surface area contributed by atoms with Crippen LogP contribution in [0.15, 0.2) is 60.0 Å². The molecule has 1 N–H and O–H groups in total. The number of hydrogen-bond donors (Lipinski definition) is 1. The first-order valence-corrected chi connectivity index (χ1v) is 13.5. The zero-order valence-corrected chi connectivity index (χ0v) is 22.4. The number of fused-ring (bicyclic) bond motifs is 1. The number of aryl methyl sites for hydroxylation is 1. The van der Waals surface area contributed by atoms with Crippen molar-refractivity contribution in [3.05, 3.63) is 81.0 Å². The first-order chi connectivity index (χ1) is 17.4. The Balaban J connectivity index is 1.52. The summed E-state index contributed by atoms with van der Waals surface area (Å²) in [6.07, 6.45) is 1.53. The minimum atomic E-state index is -0.319. The average Bonchev–Trinajstić information content (AvgIpc) is 3.35. The van der Waals surface area contributed by atoms with E-state index < -0.39 is 0 Å². The average molecular weight is 526 g/mol. The summed E-state index contributed by atoms with van der Waals surface area (Å²) in [5, 5.41) is 5.50. The summed E-state index contributed by atoms with van der Waals surface area (Å²) in [5.41, 5.74) is 2.78. The van der Waals surface area contributed by atoms with Gasteiger partial charge in [0.2, 0.25) is 5.91 Å². The van der Waals surface area contributed by atoms with Gasteiger partial charge in [-0.05, 0) is 73.5 Å². The number of halogens is 1. The molecule has 0 radical (unpaired) electrons. The van der Waals surface area contributed by atoms with Crippen molar-refractivity contribution in [1.82, 2.24) is 9.80 Å². The number of anilines is 1. The number of para-hydroxylation sites is 1. The fourth-order valence-corrected chi connectivity index (χ4v) is 5.53. The molecule has 2 heterocycles. The Labute approximate surface area is 221 Å². The van der Waals surface area contributed by atoms with Gasteiger partial charge in [-0.15, -0.1) is 11.3 Å². The van der Waals surface area contributed by atoms with E-state index in [9.17, 15) is 9.59 Å². The number of ether oxygens (including phenoxy) is 1. The van der Waals surface area contributed by atoms with E-state index in [1.807, 2.05) is 49.9 Å². The maximum Gasteiger partial charge on any atom is 0.322 e. The zero-order valence-electron chi connectivity index (χ0n) is 20.9. The Morgan fingerprint density at radius 2 is 2.03 bits per heavy atom. The second-order valence-electron chi connectivity index (χ2n) is 9.05. The van der Waals surface area contributed by atoms with Crippen molar-refractivity contribution in [3.63, 3.8) is 0 Å². The van der Waals surface area contributed by atoms with Gasteiger partial charge in [-0.2, -0.15) is 0 Å². The van der Waals surface area contributed by atoms with Crippen molar-refractivity contribution in [2.24, 2.45) is 0 Å². The topological polar surface area (TPSA) is 61.9 Å². The number of nitrogens with one attached hydrogen (secondary N) is 1. The summed E-state index contributed by atoms with van der Waals surface area (Å²) in [6, 6.07) is 16.3. The van der Waals surface area contributed by atoms with Crippen LogP contribution < -0.4 is 10.1 Å². The van der Waals surface area contributed by atoms with Gasteiger partial charge in [0.15, 0.2) is 0 Å². The van der Waals surface area contributed by atoms with Crippen molar-refractivity contribution >= 4 is 40.6 Å². The lowest BCUT2D eigenvalue weighted by molar-refractivity contribution is -0.135. The highest BCUT2D eigenvalue weighted by Crippen LogP contribution is 2.34. The van der Waals surface area contributed by atoms with Gasteiger partial charge in [-0.25, -0.2) is 4.79 Å². The third kappa shape index (κ3) is 6.02. The number of amides is 3. The predicted molar refractivity (Wildman–Crippen MR) is 146 cm³/mol. The van der Waals surface area contributed by atoms with Gasteiger partial charge in [0, 0.05) is 28.2 Å². The molecule has 6 nitrogen and oxygen atoms in total. The number of carbonyl (C=O) groups excluding carboxylic acids is 2. The normalized spacial score (nSPS) is 15.7. The Bertz CT molecular complexity index is 1210. The van der Waals surface area contributed by atoms with Gasteiger partial charge in [0.1, 0.15) is 18.9 Å². The van der Waals surface area contributed by atoms with E-state index in [0.29, 0.717) is 23.9 Å². The van der Waals surface area contributed by atoms with Crippen LogP contribution in [0.4, 0.5) is 10.5 Å². The lowest BCUT2D eigenvalue weighted by Crippen LogP contribution is -2.50. The van der Waals surface area contributed by atoms with Crippen molar-refractivity contribution in [1.29, 1.82) is 0 Å². The molecule has 3 aromatic rings. The van der Waals surface area contributed by atoms with Crippen LogP contribution >= 0.6 is 22.9 Å². The number of urea groups is 1. The number of carbonyl (C=O) groups is 2. The van der Waals surface area contributed by atoms with E-state index in [4.69, 9.17) is 16.3 Å². The number of benzene rings is 2. The van der Waals surface area contributed by atoms with Gasteiger partial charge >= 0.3 is 6.03 Å². The fraction of sp³-hybridized carbons (Fsp3) is 0.357. The molecule has 1 aliphatic rings. The maximum atomic E-state index is 13.7. The molecule has 3 amide bonds. The third-order valence-electron chi connectivity index (χ3n) is 6.67. The molecular weight excluding hydrogens is 494 g/mol. The van der Waals surface area contributed by atoms with Crippen LogP contribution in [0, 0.1) is 6.92 Å². The molecule has 190 valence electrons. The highest BCUT2D eigenvalue weighted by atomic mass is 35.5. The third-order valence-corrected chi connectivity index (χ3v) is 7.90. The maximum absolute atomic E-state index is 13.7. The molecular formula is C28H32ClN3O3S. The summed E-state index contributed by atoms with van der Waals surface area (Å²) in [7, 11) is 0. The molecule has 4 rings (SSSR count). The fourth-order valence-electron chi connectivity index (χ4n) is 4.41. The molecule has 0 spiro atoms. The van der Waals surface area contributed by atoms with Crippen molar-refractivity contribution in [2.75, 3.05) is 25.0 Å². The van der Waals surface area contributed by atoms with Gasteiger partial charge < -0.3 is 19.9 Å². The van der Waals surface area contributed by atoms with Gasteiger partial charge in [0.25, 0.3) is 0 Å². The van der Waals surface area contributed by atoms with E-state index in [1.165, 1.54) is 4.88 Å². The highest BCUT2D eigenvalue weighted by molar-refractivity contribution is 7.10. The van der Waals surface area contributed by atoms with Crippen molar-refractivity contribution in [2.45, 2.75) is 45.7 Å². The van der Waals surface area contributed by atoms with Crippen LogP contribution in [0.3, 0.4) is 0 Å². The predicted octanol–water partition coefficient (Wildman–Crippen LogP) is 6.55. The molecule has 0 saturated carbocycles. The first kappa shape index (κ1) is 26.0. The summed E-state index contributed by atoms with van der Waals surface area (Å²) >= 11 is 7.80. The quantitative estimate of drug-likeness (QED) is 0.363. The second kappa shape index (κ2) is 11.8. The van der Waals surface area contributed by atoms with E-state index in [1.54, 1.807) is 40.5 Å². The monoisotopic (exact) mass is 525 g/mol. The molecule has 36 heavy (non-hydrogen) atoms. The van der Waals surface area contributed by atoms with Crippen LogP contribution in [0.2, 0.25) is 5.02 Å². The zero-order chi connectivity index (χ0) is 25.7. The van der Waals surface area contributed by atoms with Crippen LogP contribution in [0.25, 0.3) is 0 Å². The summed E-state index contributed by atoms with van der Waals surface area (Å²) < 4.78 is 6.20. The minimum Gasteiger partial charge on any atom is -0.491 e. The smallest absolute Gasteiger partial charge is 0.322 e. The highest BCUT2D eigenvalue weighted by Gasteiger charge is 2.34. The minimum absolute atomic E-state index is 0.0122. The number of rotatable bonds is 8. The molecule has 0 fully saturated rings. The van der Waals surface area contributed by atoms with E-state index in [-0.39, 0.29) is 30.6 Å². The molecule has 0 unspecified atom stereocenters. The van der Waals surface area contributed by atoms with E-state index in [0.717, 1.165) is 29.7 Å². The van der Waals surface area contributed by atoms with Gasteiger partial charge in [-0.1, -0.05) is 42.8 Å². The molecule has 0 bridgehead atoms. The molecule has 2 aromatic carbocycles. The first-order valence-electron chi connectivity index (χ1n) is 12.2. The molecule has 8 heteroatoms. The summed E-state index contributed by atoms with van der Waals surface area (Å²) in [5.74, 6) is 0.723.